The molecule has 0 aliphatic carbocycles. The molecule has 0 radical (unpaired) electrons. The Hall–Kier alpha value is -1.89. The molecule has 2 aromatic rings. The van der Waals surface area contributed by atoms with Crippen molar-refractivity contribution in [3.05, 3.63) is 71.1 Å². The molecule has 0 spiro atoms. The highest BCUT2D eigenvalue weighted by molar-refractivity contribution is 6.08. The lowest BCUT2D eigenvalue weighted by molar-refractivity contribution is 0.103. The highest BCUT2D eigenvalue weighted by atomic mass is 16.1. The molecule has 0 aliphatic rings. The highest BCUT2D eigenvalue weighted by Crippen LogP contribution is 2.10. The molecule has 1 nitrogen and oxygen atoms in total. The highest BCUT2D eigenvalue weighted by Gasteiger charge is 2.06. The van der Waals surface area contributed by atoms with Gasteiger partial charge >= 0.3 is 0 Å². The fourth-order valence-corrected chi connectivity index (χ4v) is 0.915. The maximum absolute atomic E-state index is 12.8. The van der Waals surface area contributed by atoms with E-state index in [2.05, 4.69) is 0 Å². The van der Waals surface area contributed by atoms with Gasteiger partial charge in [0.05, 0.1) is 12.3 Å². The standard InChI is InChI=1S/C14H12O/c1-11-7-9-13(10-8-11)14(15)12-5-3-2-4-6-12/h2-10H,1H3/i1D3,2D,3D,4D,5D,6D,7D,8D,9D,10D. The molecule has 0 saturated heterocycles. The van der Waals surface area contributed by atoms with Crippen LogP contribution in [-0.4, -0.2) is 5.78 Å². The van der Waals surface area contributed by atoms with Crippen molar-refractivity contribution >= 4 is 5.78 Å². The first kappa shape index (κ1) is 2.82. The van der Waals surface area contributed by atoms with E-state index >= 15 is 0 Å². The van der Waals surface area contributed by atoms with Crippen molar-refractivity contribution in [3.63, 3.8) is 0 Å². The molecule has 0 aliphatic heterocycles. The van der Waals surface area contributed by atoms with Gasteiger partial charge in [-0.1, -0.05) is 59.9 Å². The largest absolute Gasteiger partial charge is 0.289 e. The van der Waals surface area contributed by atoms with Crippen LogP contribution in [0, 0.1) is 6.85 Å². The summed E-state index contributed by atoms with van der Waals surface area (Å²) in [5.41, 5.74) is -2.55. The summed E-state index contributed by atoms with van der Waals surface area (Å²) in [5.74, 6) is -1.32. The summed E-state index contributed by atoms with van der Waals surface area (Å²) in [6, 6.07) is -7.87. The molecule has 0 unspecified atom stereocenters. The molecule has 1 heteroatoms. The van der Waals surface area contributed by atoms with Crippen molar-refractivity contribution in [2.24, 2.45) is 0 Å². The van der Waals surface area contributed by atoms with Crippen LogP contribution in [0.4, 0.5) is 0 Å². The Morgan fingerprint density at radius 1 is 1.00 bits per heavy atom. The lowest BCUT2D eigenvalue weighted by Gasteiger charge is -2.00. The Morgan fingerprint density at radius 2 is 1.60 bits per heavy atom. The van der Waals surface area contributed by atoms with Crippen LogP contribution in [0.2, 0.25) is 0 Å². The van der Waals surface area contributed by atoms with Gasteiger partial charge in [-0.2, -0.15) is 0 Å². The summed E-state index contributed by atoms with van der Waals surface area (Å²) in [7, 11) is 0. The second-order valence-electron chi connectivity index (χ2n) is 2.58. The summed E-state index contributed by atoms with van der Waals surface area (Å²) in [5, 5.41) is 0. The van der Waals surface area contributed by atoms with Crippen molar-refractivity contribution < 1.29 is 21.2 Å². The predicted molar refractivity (Wildman–Crippen MR) is 61.1 cm³/mol. The van der Waals surface area contributed by atoms with E-state index in [1.54, 1.807) is 0 Å². The monoisotopic (exact) mass is 208 g/mol. The van der Waals surface area contributed by atoms with Crippen molar-refractivity contribution in [1.29, 1.82) is 0 Å². The van der Waals surface area contributed by atoms with Gasteiger partial charge in [0.15, 0.2) is 5.78 Å². The van der Waals surface area contributed by atoms with E-state index in [1.165, 1.54) is 0 Å². The first-order chi connectivity index (χ1) is 12.2. The van der Waals surface area contributed by atoms with E-state index in [-0.39, 0.29) is 0 Å². The summed E-state index contributed by atoms with van der Waals surface area (Å²) >= 11 is 0. The average Bonchev–Trinajstić information content (AvgIpc) is 2.56. The van der Waals surface area contributed by atoms with E-state index < -0.39 is 83.7 Å². The fraction of sp³-hybridized carbons (Fsp3) is 0.0714. The average molecular weight is 208 g/mol. The van der Waals surface area contributed by atoms with Gasteiger partial charge in [0.1, 0.15) is 0 Å². The number of carbonyl (C=O) groups is 1. The molecular formula is C14H12O. The van der Waals surface area contributed by atoms with Crippen LogP contribution in [0.1, 0.15) is 37.9 Å². The van der Waals surface area contributed by atoms with Gasteiger partial charge < -0.3 is 0 Å². The molecule has 0 amide bonds. The van der Waals surface area contributed by atoms with Crippen LogP contribution in [-0.2, 0) is 0 Å². The molecule has 15 heavy (non-hydrogen) atoms. The van der Waals surface area contributed by atoms with Crippen molar-refractivity contribution in [2.45, 2.75) is 6.85 Å². The molecule has 0 saturated carbocycles. The number of ketones is 1. The van der Waals surface area contributed by atoms with Crippen molar-refractivity contribution in [2.75, 3.05) is 0 Å². The van der Waals surface area contributed by atoms with E-state index in [0.717, 1.165) is 0 Å². The maximum atomic E-state index is 12.8. The number of carbonyl (C=O) groups excluding carboxylic acids is 1. The van der Waals surface area contributed by atoms with Gasteiger partial charge in [-0.15, -0.1) is 0 Å². The Balaban J connectivity index is 2.89. The van der Waals surface area contributed by atoms with E-state index in [4.69, 9.17) is 16.4 Å². The number of hydrogen-bond donors (Lipinski definition) is 0. The van der Waals surface area contributed by atoms with Gasteiger partial charge in [-0.3, -0.25) is 4.79 Å². The molecule has 2 aromatic carbocycles. The lowest BCUT2D eigenvalue weighted by Crippen LogP contribution is -2.00. The third-order valence-electron chi connectivity index (χ3n) is 1.58. The Kier molecular flexibility index (Phi) is 0.770. The molecule has 0 heterocycles. The minimum absolute atomic E-state index is 0.737. The first-order valence-electron chi connectivity index (χ1n) is 9.95. The number of rotatable bonds is 2. The molecule has 0 N–H and O–H groups in total. The number of hydrogen-bond acceptors (Lipinski definition) is 1. The quantitative estimate of drug-likeness (QED) is 0.692. The second kappa shape index (κ2) is 4.09. The first-order valence-corrected chi connectivity index (χ1v) is 3.95. The minimum atomic E-state index is -2.96. The van der Waals surface area contributed by atoms with E-state index in [0.29, 0.717) is 0 Å². The summed E-state index contributed by atoms with van der Waals surface area (Å²) < 4.78 is 91.8. The van der Waals surface area contributed by atoms with Gasteiger partial charge in [0.25, 0.3) is 0 Å². The number of benzene rings is 2. The van der Waals surface area contributed by atoms with Gasteiger partial charge in [-0.05, 0) is 6.85 Å². The zero-order valence-electron chi connectivity index (χ0n) is 19.4. The van der Waals surface area contributed by atoms with Gasteiger partial charge in [-0.25, -0.2) is 0 Å². The van der Waals surface area contributed by atoms with E-state index in [9.17, 15) is 4.79 Å². The fourth-order valence-electron chi connectivity index (χ4n) is 0.915. The van der Waals surface area contributed by atoms with Crippen LogP contribution in [0.5, 0.6) is 0 Å². The zero-order chi connectivity index (χ0) is 21.0. The van der Waals surface area contributed by atoms with Gasteiger partial charge in [0.2, 0.25) is 0 Å². The molecule has 0 bridgehead atoms. The SMILES string of the molecule is [2H]c1c([2H])c([2H])c(C(=O)c2c([2H])c([2H])c(C([2H])([2H])[2H])c([2H])c2[2H])c([2H])c1[2H]. The van der Waals surface area contributed by atoms with Crippen molar-refractivity contribution in [3.8, 4) is 0 Å². The lowest BCUT2D eigenvalue weighted by atomic mass is 10.0. The topological polar surface area (TPSA) is 17.1 Å². The van der Waals surface area contributed by atoms with Gasteiger partial charge in [0, 0.05) is 15.2 Å². The molecule has 0 aromatic heterocycles. The predicted octanol–water partition coefficient (Wildman–Crippen LogP) is 3.23. The Morgan fingerprint density at radius 3 is 2.20 bits per heavy atom. The Bertz CT molecular complexity index is 918. The molecule has 2 rings (SSSR count). The summed E-state index contributed by atoms with van der Waals surface area (Å²) in [4.78, 5) is 12.8. The van der Waals surface area contributed by atoms with Crippen LogP contribution >= 0.6 is 0 Å². The van der Waals surface area contributed by atoms with E-state index in [1.807, 2.05) is 0 Å². The zero-order valence-corrected chi connectivity index (χ0v) is 7.41. The maximum Gasteiger partial charge on any atom is 0.193 e. The van der Waals surface area contributed by atoms with Crippen LogP contribution < -0.4 is 0 Å². The third-order valence-corrected chi connectivity index (χ3v) is 1.58. The second-order valence-corrected chi connectivity index (χ2v) is 2.58. The van der Waals surface area contributed by atoms with Crippen molar-refractivity contribution in [1.82, 2.24) is 0 Å². The minimum Gasteiger partial charge on any atom is -0.289 e. The summed E-state index contributed by atoms with van der Waals surface area (Å²) in [6.45, 7) is -2.96. The Labute approximate surface area is 106 Å². The van der Waals surface area contributed by atoms with Crippen LogP contribution in [0.25, 0.3) is 0 Å². The van der Waals surface area contributed by atoms with Crippen LogP contribution in [0.15, 0.2) is 54.4 Å². The summed E-state index contributed by atoms with van der Waals surface area (Å²) in [6.07, 6.45) is 0. The molecule has 0 fully saturated rings. The molecule has 0 atom stereocenters. The normalized spacial score (nSPS) is 22.1. The molecule has 74 valence electrons. The molecular weight excluding hydrogens is 184 g/mol. The third kappa shape index (κ3) is 2.13. The van der Waals surface area contributed by atoms with Crippen LogP contribution in [0.3, 0.4) is 0 Å². The smallest absolute Gasteiger partial charge is 0.193 e.